The highest BCUT2D eigenvalue weighted by Crippen LogP contribution is 2.35. The molecule has 12 heteroatoms. The van der Waals surface area contributed by atoms with Crippen LogP contribution in [-0.2, 0) is 21.2 Å². The highest BCUT2D eigenvalue weighted by atomic mass is 32.2. The molecule has 0 spiro atoms. The normalized spacial score (nSPS) is 15.3. The van der Waals surface area contributed by atoms with Crippen LogP contribution in [0.3, 0.4) is 0 Å². The van der Waals surface area contributed by atoms with E-state index in [1.807, 2.05) is 25.1 Å². The van der Waals surface area contributed by atoms with Crippen LogP contribution in [0.5, 0.6) is 0 Å². The van der Waals surface area contributed by atoms with Crippen molar-refractivity contribution in [2.75, 3.05) is 43.6 Å². The molecule has 5 N–H and O–H groups in total. The molecule has 3 aromatic carbocycles. The van der Waals surface area contributed by atoms with E-state index in [0.29, 0.717) is 41.0 Å². The number of hydrogen-bond donors (Lipinski definition) is 3. The van der Waals surface area contributed by atoms with Gasteiger partial charge in [0, 0.05) is 55.4 Å². The van der Waals surface area contributed by atoms with Gasteiger partial charge in [0.15, 0.2) is 0 Å². The number of rotatable bonds is 8. The third kappa shape index (κ3) is 5.91. The molecule has 0 radical (unpaired) electrons. The fourth-order valence-corrected chi connectivity index (χ4v) is 6.38. The van der Waals surface area contributed by atoms with Gasteiger partial charge in [-0.25, -0.2) is 8.42 Å². The highest BCUT2D eigenvalue weighted by Gasteiger charge is 2.32. The van der Waals surface area contributed by atoms with E-state index in [0.717, 1.165) is 18.5 Å². The van der Waals surface area contributed by atoms with Crippen LogP contribution in [0.2, 0.25) is 0 Å². The molecule has 11 nitrogen and oxygen atoms in total. The number of benzene rings is 3. The summed E-state index contributed by atoms with van der Waals surface area (Å²) in [6.45, 7) is 3.14. The topological polar surface area (TPSA) is 165 Å². The largest absolute Gasteiger partial charge is 0.398 e. The zero-order valence-corrected chi connectivity index (χ0v) is 23.1. The molecule has 0 aliphatic carbocycles. The van der Waals surface area contributed by atoms with Crippen molar-refractivity contribution in [1.82, 2.24) is 9.62 Å². The van der Waals surface area contributed by atoms with E-state index in [-0.39, 0.29) is 28.6 Å². The first-order chi connectivity index (χ1) is 18.4. The van der Waals surface area contributed by atoms with Crippen LogP contribution >= 0.6 is 0 Å². The molecule has 1 saturated heterocycles. The molecule has 1 aliphatic heterocycles. The van der Waals surface area contributed by atoms with Gasteiger partial charge >= 0.3 is 0 Å². The van der Waals surface area contributed by atoms with Crippen molar-refractivity contribution < 1.29 is 18.1 Å². The quantitative estimate of drug-likeness (QED) is 0.217. The number of nitrogens with one attached hydrogen (secondary N) is 1. The van der Waals surface area contributed by atoms with E-state index < -0.39 is 21.0 Å². The maximum absolute atomic E-state index is 13.8. The molecule has 0 bridgehead atoms. The Hall–Kier alpha value is -3.90. The van der Waals surface area contributed by atoms with Crippen LogP contribution in [0.15, 0.2) is 53.4 Å². The summed E-state index contributed by atoms with van der Waals surface area (Å²) >= 11 is 0. The number of nitrogens with zero attached hydrogens (tertiary/aromatic N) is 3. The molecule has 208 valence electrons. The minimum Gasteiger partial charge on any atom is -0.398 e. The van der Waals surface area contributed by atoms with E-state index in [4.69, 9.17) is 11.5 Å². The van der Waals surface area contributed by atoms with Gasteiger partial charge in [0.1, 0.15) is 11.7 Å². The summed E-state index contributed by atoms with van der Waals surface area (Å²) < 4.78 is 30.3. The number of carbonyl (C=O) groups is 1. The van der Waals surface area contributed by atoms with Gasteiger partial charge in [0.05, 0.1) is 9.82 Å². The summed E-state index contributed by atoms with van der Waals surface area (Å²) in [4.78, 5) is 28.0. The molecule has 0 aromatic heterocycles. The van der Waals surface area contributed by atoms with Gasteiger partial charge in [-0.1, -0.05) is 25.1 Å². The second-order valence-electron chi connectivity index (χ2n) is 10.3. The van der Waals surface area contributed by atoms with Crippen molar-refractivity contribution in [1.29, 1.82) is 0 Å². The average molecular weight is 555 g/mol. The number of nitro groups is 1. The molecule has 1 fully saturated rings. The van der Waals surface area contributed by atoms with E-state index in [1.165, 1.54) is 24.3 Å². The Morgan fingerprint density at radius 1 is 1.13 bits per heavy atom. The second-order valence-corrected chi connectivity index (χ2v) is 12.0. The van der Waals surface area contributed by atoms with Crippen molar-refractivity contribution in [3.05, 3.63) is 64.2 Å². The van der Waals surface area contributed by atoms with Gasteiger partial charge in [0.25, 0.3) is 5.69 Å². The van der Waals surface area contributed by atoms with Crippen molar-refractivity contribution in [2.45, 2.75) is 37.1 Å². The summed E-state index contributed by atoms with van der Waals surface area (Å²) in [6, 6.07) is 11.3. The average Bonchev–Trinajstić information content (AvgIpc) is 2.88. The fraction of sp³-hybridized carbons (Fsp3) is 0.370. The van der Waals surface area contributed by atoms with E-state index in [9.17, 15) is 23.3 Å². The summed E-state index contributed by atoms with van der Waals surface area (Å²) in [7, 11) is -0.543. The molecule has 39 heavy (non-hydrogen) atoms. The molecule has 1 amide bonds. The number of nitrogens with two attached hydrogens (primary N) is 2. The van der Waals surface area contributed by atoms with E-state index in [2.05, 4.69) is 11.6 Å². The molecule has 1 aliphatic rings. The molecule has 4 rings (SSSR count). The third-order valence-electron chi connectivity index (χ3n) is 7.20. The molecule has 1 heterocycles. The number of hydrogen-bond acceptors (Lipinski definition) is 8. The Bertz CT molecular complexity index is 1520. The molecule has 0 saturated carbocycles. The summed E-state index contributed by atoms with van der Waals surface area (Å²) in [5, 5.41) is 12.5. The maximum atomic E-state index is 13.8. The second kappa shape index (κ2) is 11.1. The Balaban J connectivity index is 1.75. The zero-order valence-electron chi connectivity index (χ0n) is 22.3. The monoisotopic (exact) mass is 554 g/mol. The van der Waals surface area contributed by atoms with Gasteiger partial charge < -0.3 is 21.3 Å². The smallest absolute Gasteiger partial charge is 0.292 e. The number of likely N-dealkylation sites (tertiary alicyclic amines) is 1. The number of anilines is 3. The van der Waals surface area contributed by atoms with Gasteiger partial charge in [-0.05, 0) is 55.0 Å². The van der Waals surface area contributed by atoms with Crippen molar-refractivity contribution in [3.63, 3.8) is 0 Å². The standard InChI is InChI=1S/C27H34N6O5S/c1-17-11-13-32(14-12-17)27(34)22(15-18-7-8-20(28)24(16-18)33(35)36)30-39(37,38)25-10-9-21(29)26-19(25)5-4-6-23(26)31(2)3/h4-10,16-17,22,30H,11-15,28-29H2,1-3H3. The minimum atomic E-state index is -4.22. The lowest BCUT2D eigenvalue weighted by Gasteiger charge is -2.33. The van der Waals surface area contributed by atoms with Gasteiger partial charge in [-0.3, -0.25) is 14.9 Å². The predicted molar refractivity (Wildman–Crippen MR) is 153 cm³/mol. The lowest BCUT2D eigenvalue weighted by atomic mass is 9.97. The first-order valence-corrected chi connectivity index (χ1v) is 14.2. The number of fused-ring (bicyclic) bond motifs is 1. The van der Waals surface area contributed by atoms with Gasteiger partial charge in [0.2, 0.25) is 15.9 Å². The lowest BCUT2D eigenvalue weighted by Crippen LogP contribution is -2.51. The van der Waals surface area contributed by atoms with Crippen LogP contribution in [0.1, 0.15) is 25.3 Å². The van der Waals surface area contributed by atoms with Crippen molar-refractivity contribution in [2.24, 2.45) is 5.92 Å². The van der Waals surface area contributed by atoms with Crippen LogP contribution in [0.4, 0.5) is 22.7 Å². The SMILES string of the molecule is CC1CCN(C(=O)C(Cc2ccc(N)c([N+](=O)[O-])c2)NS(=O)(=O)c2ccc(N)c3c(N(C)C)cccc23)CC1. The van der Waals surface area contributed by atoms with Crippen LogP contribution in [0.25, 0.3) is 10.8 Å². The van der Waals surface area contributed by atoms with Crippen LogP contribution in [0, 0.1) is 16.0 Å². The van der Waals surface area contributed by atoms with E-state index >= 15 is 0 Å². The number of piperidine rings is 1. The zero-order chi connectivity index (χ0) is 28.5. The summed E-state index contributed by atoms with van der Waals surface area (Å²) in [5.41, 5.74) is 13.3. The molecular formula is C27H34N6O5S. The van der Waals surface area contributed by atoms with Gasteiger partial charge in [-0.15, -0.1) is 0 Å². The van der Waals surface area contributed by atoms with Crippen molar-refractivity contribution >= 4 is 49.5 Å². The first kappa shape index (κ1) is 28.1. The number of carbonyl (C=O) groups excluding carboxylic acids is 1. The summed E-state index contributed by atoms with van der Waals surface area (Å²) in [5.74, 6) is 0.0923. The number of nitro benzene ring substituents is 1. The highest BCUT2D eigenvalue weighted by molar-refractivity contribution is 7.89. The predicted octanol–water partition coefficient (Wildman–Crippen LogP) is 3.13. The molecular weight excluding hydrogens is 520 g/mol. The fourth-order valence-electron chi connectivity index (χ4n) is 4.98. The third-order valence-corrected chi connectivity index (χ3v) is 8.73. The maximum Gasteiger partial charge on any atom is 0.292 e. The first-order valence-electron chi connectivity index (χ1n) is 12.7. The Kier molecular flexibility index (Phi) is 7.98. The number of amides is 1. The van der Waals surface area contributed by atoms with Crippen molar-refractivity contribution in [3.8, 4) is 0 Å². The summed E-state index contributed by atoms with van der Waals surface area (Å²) in [6.07, 6.45) is 1.55. The number of sulfonamides is 1. The lowest BCUT2D eigenvalue weighted by molar-refractivity contribution is -0.384. The molecule has 1 atom stereocenters. The molecule has 3 aromatic rings. The minimum absolute atomic E-state index is 0.0104. The Labute approximate surface area is 228 Å². The molecule has 1 unspecified atom stereocenters. The number of nitrogen functional groups attached to an aromatic ring is 2. The van der Waals surface area contributed by atoms with Crippen LogP contribution in [-0.4, -0.2) is 57.4 Å². The Morgan fingerprint density at radius 3 is 2.44 bits per heavy atom. The van der Waals surface area contributed by atoms with Gasteiger partial charge in [-0.2, -0.15) is 4.72 Å². The Morgan fingerprint density at radius 2 is 1.79 bits per heavy atom. The van der Waals surface area contributed by atoms with E-state index in [1.54, 1.807) is 23.1 Å². The van der Waals surface area contributed by atoms with Crippen LogP contribution < -0.4 is 21.1 Å².